The molecule has 1 aromatic heterocycles. The fourth-order valence-corrected chi connectivity index (χ4v) is 5.01. The van der Waals surface area contributed by atoms with Crippen molar-refractivity contribution in [1.29, 1.82) is 0 Å². The van der Waals surface area contributed by atoms with Crippen LogP contribution in [-0.2, 0) is 14.8 Å². The van der Waals surface area contributed by atoms with E-state index in [9.17, 15) is 13.2 Å². The van der Waals surface area contributed by atoms with Crippen molar-refractivity contribution in [3.8, 4) is 0 Å². The monoisotopic (exact) mass is 408 g/mol. The molecule has 10 heteroatoms. The third kappa shape index (κ3) is 5.18. The van der Waals surface area contributed by atoms with Crippen LogP contribution in [0, 0.1) is 13.8 Å². The summed E-state index contributed by atoms with van der Waals surface area (Å²) in [5.41, 5.74) is -0.804. The molecule has 3 N–H and O–H groups in total. The minimum absolute atomic E-state index is 0. The molecular formula is C16H29ClN4O4S. The molecule has 150 valence electrons. The Morgan fingerprint density at radius 1 is 1.19 bits per heavy atom. The number of hydrogen-bond donors (Lipinski definition) is 3. The van der Waals surface area contributed by atoms with Crippen LogP contribution in [0.2, 0.25) is 0 Å². The fourth-order valence-electron chi connectivity index (χ4n) is 3.26. The van der Waals surface area contributed by atoms with Crippen LogP contribution in [0.3, 0.4) is 0 Å². The number of rotatable bonds is 9. The Morgan fingerprint density at radius 2 is 1.85 bits per heavy atom. The van der Waals surface area contributed by atoms with Crippen molar-refractivity contribution in [2.24, 2.45) is 0 Å². The van der Waals surface area contributed by atoms with Gasteiger partial charge in [0, 0.05) is 13.1 Å². The van der Waals surface area contributed by atoms with Gasteiger partial charge in [-0.1, -0.05) is 24.9 Å². The molecule has 0 bridgehead atoms. The quantitative estimate of drug-likeness (QED) is 0.532. The molecular weight excluding hydrogens is 380 g/mol. The Balaban J connectivity index is 0.00000338. The number of carbonyl (C=O) groups excluding carboxylic acids is 1. The van der Waals surface area contributed by atoms with Gasteiger partial charge in [-0.25, -0.2) is 8.42 Å². The number of sulfonamides is 1. The first-order chi connectivity index (χ1) is 11.8. The molecule has 1 aromatic rings. The van der Waals surface area contributed by atoms with E-state index in [-0.39, 0.29) is 29.0 Å². The molecule has 0 saturated heterocycles. The van der Waals surface area contributed by atoms with Crippen molar-refractivity contribution < 1.29 is 17.7 Å². The summed E-state index contributed by atoms with van der Waals surface area (Å²) in [5.74, 6) is -0.0408. The van der Waals surface area contributed by atoms with Gasteiger partial charge in [0.05, 0.1) is 0 Å². The number of hydrogen-bond acceptors (Lipinski definition) is 6. The molecule has 1 heterocycles. The van der Waals surface area contributed by atoms with Gasteiger partial charge in [-0.3, -0.25) is 4.79 Å². The van der Waals surface area contributed by atoms with E-state index in [0.717, 1.165) is 25.8 Å². The average Bonchev–Trinajstić information content (AvgIpc) is 3.14. The van der Waals surface area contributed by atoms with Crippen LogP contribution >= 0.6 is 12.4 Å². The minimum atomic E-state index is -3.89. The van der Waals surface area contributed by atoms with E-state index in [4.69, 9.17) is 4.52 Å². The Hall–Kier alpha value is -1.16. The summed E-state index contributed by atoms with van der Waals surface area (Å²) in [4.78, 5) is 12.7. The van der Waals surface area contributed by atoms with E-state index in [1.165, 1.54) is 0 Å². The summed E-state index contributed by atoms with van der Waals surface area (Å²) >= 11 is 0. The Labute approximate surface area is 161 Å². The van der Waals surface area contributed by atoms with Gasteiger partial charge in [0.15, 0.2) is 5.76 Å². The molecule has 0 radical (unpaired) electrons. The minimum Gasteiger partial charge on any atom is -0.360 e. The van der Waals surface area contributed by atoms with Crippen molar-refractivity contribution in [1.82, 2.24) is 20.5 Å². The standard InChI is InChI=1S/C16H28N4O4S.ClH/c1-4-9-17-10-11-18-15(21)16(7-5-6-8-16)20-25(22,23)14-12(2)19-24-13(14)3;/h17,20H,4-11H2,1-3H3,(H,18,21);1H. The number of carbonyl (C=O) groups is 1. The highest BCUT2D eigenvalue weighted by Crippen LogP contribution is 2.32. The number of amides is 1. The predicted molar refractivity (Wildman–Crippen MR) is 101 cm³/mol. The Kier molecular flexibility index (Phi) is 8.52. The van der Waals surface area contributed by atoms with Crippen LogP contribution in [0.4, 0.5) is 0 Å². The first-order valence-electron chi connectivity index (χ1n) is 8.78. The second-order valence-electron chi connectivity index (χ2n) is 6.55. The summed E-state index contributed by atoms with van der Waals surface area (Å²) in [5, 5.41) is 9.76. The normalized spacial score (nSPS) is 16.3. The highest BCUT2D eigenvalue weighted by molar-refractivity contribution is 7.89. The molecule has 0 atom stereocenters. The van der Waals surface area contributed by atoms with Gasteiger partial charge >= 0.3 is 0 Å². The molecule has 1 aliphatic carbocycles. The molecule has 26 heavy (non-hydrogen) atoms. The zero-order valence-electron chi connectivity index (χ0n) is 15.6. The zero-order valence-corrected chi connectivity index (χ0v) is 17.2. The first kappa shape index (κ1) is 22.9. The number of aromatic nitrogens is 1. The van der Waals surface area contributed by atoms with Crippen molar-refractivity contribution in [3.05, 3.63) is 11.5 Å². The lowest BCUT2D eigenvalue weighted by Gasteiger charge is -2.28. The largest absolute Gasteiger partial charge is 0.360 e. The second-order valence-corrected chi connectivity index (χ2v) is 8.17. The molecule has 1 aliphatic rings. The van der Waals surface area contributed by atoms with Crippen LogP contribution in [0.1, 0.15) is 50.5 Å². The van der Waals surface area contributed by atoms with Crippen LogP contribution in [0.25, 0.3) is 0 Å². The molecule has 0 unspecified atom stereocenters. The van der Waals surface area contributed by atoms with Gasteiger partial charge in [0.2, 0.25) is 15.9 Å². The molecule has 1 saturated carbocycles. The molecule has 0 spiro atoms. The first-order valence-corrected chi connectivity index (χ1v) is 10.3. The maximum Gasteiger partial charge on any atom is 0.246 e. The van der Waals surface area contributed by atoms with Crippen LogP contribution < -0.4 is 15.4 Å². The number of nitrogens with one attached hydrogen (secondary N) is 3. The van der Waals surface area contributed by atoms with E-state index >= 15 is 0 Å². The lowest BCUT2D eigenvalue weighted by atomic mass is 9.98. The van der Waals surface area contributed by atoms with Crippen molar-refractivity contribution in [3.63, 3.8) is 0 Å². The van der Waals surface area contributed by atoms with Crippen molar-refractivity contribution in [2.45, 2.75) is 63.3 Å². The molecule has 1 amide bonds. The van der Waals surface area contributed by atoms with Crippen molar-refractivity contribution in [2.75, 3.05) is 19.6 Å². The van der Waals surface area contributed by atoms with E-state index in [2.05, 4.69) is 27.4 Å². The van der Waals surface area contributed by atoms with Crippen LogP contribution in [-0.4, -0.2) is 44.7 Å². The van der Waals surface area contributed by atoms with Gasteiger partial charge < -0.3 is 15.2 Å². The van der Waals surface area contributed by atoms with Gasteiger partial charge in [0.25, 0.3) is 0 Å². The highest BCUT2D eigenvalue weighted by atomic mass is 35.5. The molecule has 0 aliphatic heterocycles. The van der Waals surface area contributed by atoms with E-state index < -0.39 is 15.6 Å². The highest BCUT2D eigenvalue weighted by Gasteiger charge is 2.45. The summed E-state index contributed by atoms with van der Waals surface area (Å²) in [6.45, 7) is 7.21. The third-order valence-electron chi connectivity index (χ3n) is 4.47. The molecule has 1 fully saturated rings. The summed E-state index contributed by atoms with van der Waals surface area (Å²) in [7, 11) is -3.89. The smallest absolute Gasteiger partial charge is 0.246 e. The molecule has 0 aromatic carbocycles. The Bertz CT molecular complexity index is 680. The van der Waals surface area contributed by atoms with Gasteiger partial charge in [-0.05, 0) is 39.7 Å². The number of nitrogens with zero attached hydrogens (tertiary/aromatic N) is 1. The van der Waals surface area contributed by atoms with Crippen LogP contribution in [0.5, 0.6) is 0 Å². The second kappa shape index (κ2) is 9.68. The maximum atomic E-state index is 12.8. The lowest BCUT2D eigenvalue weighted by molar-refractivity contribution is -0.126. The molecule has 2 rings (SSSR count). The summed E-state index contributed by atoms with van der Waals surface area (Å²) in [6.07, 6.45) is 3.63. The topological polar surface area (TPSA) is 113 Å². The average molecular weight is 409 g/mol. The number of aryl methyl sites for hydroxylation is 2. The van der Waals surface area contributed by atoms with Crippen molar-refractivity contribution >= 4 is 28.3 Å². The van der Waals surface area contributed by atoms with Crippen LogP contribution in [0.15, 0.2) is 9.42 Å². The zero-order chi connectivity index (χ0) is 18.5. The number of halogens is 1. The molecule has 8 nitrogen and oxygen atoms in total. The summed E-state index contributed by atoms with van der Waals surface area (Å²) < 4.78 is 33.2. The predicted octanol–water partition coefficient (Wildman–Crippen LogP) is 1.42. The third-order valence-corrected chi connectivity index (χ3v) is 6.25. The van der Waals surface area contributed by atoms with Gasteiger partial charge in [0.1, 0.15) is 16.1 Å². The Morgan fingerprint density at radius 3 is 2.38 bits per heavy atom. The van der Waals surface area contributed by atoms with E-state index in [1.807, 2.05) is 0 Å². The van der Waals surface area contributed by atoms with Gasteiger partial charge in [-0.2, -0.15) is 4.72 Å². The lowest BCUT2D eigenvalue weighted by Crippen LogP contribution is -2.57. The van der Waals surface area contributed by atoms with E-state index in [0.29, 0.717) is 31.6 Å². The fraction of sp³-hybridized carbons (Fsp3) is 0.750. The maximum absolute atomic E-state index is 12.8. The SMILES string of the molecule is CCCNCCNC(=O)C1(NS(=O)(=O)c2c(C)noc2C)CCCC1.Cl. The summed E-state index contributed by atoms with van der Waals surface area (Å²) in [6, 6.07) is 0. The van der Waals surface area contributed by atoms with E-state index in [1.54, 1.807) is 13.8 Å². The van der Waals surface area contributed by atoms with Gasteiger partial charge in [-0.15, -0.1) is 12.4 Å².